The molecule has 0 saturated heterocycles. The molecule has 2 unspecified atom stereocenters. The molecule has 3 nitrogen and oxygen atoms in total. The first-order chi connectivity index (χ1) is 9.81. The molecule has 1 saturated carbocycles. The summed E-state index contributed by atoms with van der Waals surface area (Å²) in [4.78, 5) is 0. The number of nitrogens with one attached hydrogen (secondary N) is 1. The Morgan fingerprint density at radius 2 is 2.20 bits per heavy atom. The van der Waals surface area contributed by atoms with Crippen molar-refractivity contribution in [1.29, 1.82) is 0 Å². The van der Waals surface area contributed by atoms with Crippen LogP contribution in [0.5, 0.6) is 5.75 Å². The van der Waals surface area contributed by atoms with Crippen LogP contribution >= 0.6 is 0 Å². The van der Waals surface area contributed by atoms with E-state index in [1.165, 1.54) is 31.2 Å². The van der Waals surface area contributed by atoms with Crippen LogP contribution in [0.2, 0.25) is 0 Å². The largest absolute Gasteiger partial charge is 0.490 e. The van der Waals surface area contributed by atoms with Gasteiger partial charge in [-0.1, -0.05) is 19.1 Å². The van der Waals surface area contributed by atoms with E-state index in [1.807, 2.05) is 12.1 Å². The Kier molecular flexibility index (Phi) is 6.34. The molecule has 0 bridgehead atoms. The number of benzene rings is 1. The molecule has 1 fully saturated rings. The molecule has 1 aromatic rings. The van der Waals surface area contributed by atoms with E-state index in [0.29, 0.717) is 18.8 Å². The predicted molar refractivity (Wildman–Crippen MR) is 82.1 cm³/mol. The number of hydrogen-bond donors (Lipinski definition) is 1. The highest BCUT2D eigenvalue weighted by molar-refractivity contribution is 5.28. The molecule has 1 aromatic carbocycles. The van der Waals surface area contributed by atoms with E-state index in [2.05, 4.69) is 24.4 Å². The highest BCUT2D eigenvalue weighted by atomic mass is 16.5. The molecule has 1 N–H and O–H groups in total. The van der Waals surface area contributed by atoms with Gasteiger partial charge in [0.05, 0.1) is 6.61 Å². The molecular weight excluding hydrogens is 250 g/mol. The summed E-state index contributed by atoms with van der Waals surface area (Å²) in [5, 5.41) is 3.62. The third kappa shape index (κ3) is 4.80. The van der Waals surface area contributed by atoms with Crippen LogP contribution < -0.4 is 10.1 Å². The molecular formula is C17H27NO2. The van der Waals surface area contributed by atoms with Crippen LogP contribution in [-0.2, 0) is 11.3 Å². The maximum Gasteiger partial charge on any atom is 0.120 e. The van der Waals surface area contributed by atoms with Crippen molar-refractivity contribution >= 4 is 0 Å². The Labute approximate surface area is 122 Å². The fourth-order valence-electron chi connectivity index (χ4n) is 2.85. The molecule has 0 aliphatic heterocycles. The summed E-state index contributed by atoms with van der Waals surface area (Å²) in [5.74, 6) is 0.973. The van der Waals surface area contributed by atoms with Gasteiger partial charge in [-0.3, -0.25) is 0 Å². The van der Waals surface area contributed by atoms with Gasteiger partial charge in [-0.25, -0.2) is 0 Å². The molecule has 112 valence electrons. The number of ether oxygens (including phenoxy) is 2. The van der Waals surface area contributed by atoms with Crippen molar-refractivity contribution in [3.8, 4) is 5.75 Å². The van der Waals surface area contributed by atoms with Crippen molar-refractivity contribution in [3.63, 3.8) is 0 Å². The van der Waals surface area contributed by atoms with Crippen LogP contribution in [0.3, 0.4) is 0 Å². The first-order valence-electron chi connectivity index (χ1n) is 7.79. The number of hydrogen-bond acceptors (Lipinski definition) is 3. The summed E-state index contributed by atoms with van der Waals surface area (Å²) in [6.45, 7) is 3.97. The molecule has 1 aliphatic rings. The molecule has 0 spiro atoms. The van der Waals surface area contributed by atoms with Crippen LogP contribution in [0.25, 0.3) is 0 Å². The van der Waals surface area contributed by atoms with E-state index in [1.54, 1.807) is 7.11 Å². The van der Waals surface area contributed by atoms with Crippen LogP contribution in [0.4, 0.5) is 0 Å². The molecule has 0 amide bonds. The molecule has 0 radical (unpaired) electrons. The lowest BCUT2D eigenvalue weighted by molar-refractivity contribution is 0.134. The number of methoxy groups -OCH3 is 1. The smallest absolute Gasteiger partial charge is 0.120 e. The Balaban J connectivity index is 1.87. The van der Waals surface area contributed by atoms with Crippen molar-refractivity contribution in [3.05, 3.63) is 29.8 Å². The zero-order valence-corrected chi connectivity index (χ0v) is 12.7. The number of rotatable bonds is 7. The van der Waals surface area contributed by atoms with Gasteiger partial charge in [0.1, 0.15) is 11.9 Å². The van der Waals surface area contributed by atoms with Crippen LogP contribution in [0.15, 0.2) is 24.3 Å². The predicted octanol–water partition coefficient (Wildman–Crippen LogP) is 3.52. The van der Waals surface area contributed by atoms with Crippen LogP contribution in [0, 0.1) is 0 Å². The van der Waals surface area contributed by atoms with Gasteiger partial charge in [-0.05, 0) is 56.3 Å². The van der Waals surface area contributed by atoms with Gasteiger partial charge in [0.15, 0.2) is 0 Å². The zero-order chi connectivity index (χ0) is 14.2. The van der Waals surface area contributed by atoms with Gasteiger partial charge in [-0.2, -0.15) is 0 Å². The summed E-state index contributed by atoms with van der Waals surface area (Å²) in [6, 6.07) is 8.87. The minimum Gasteiger partial charge on any atom is -0.490 e. The molecule has 2 rings (SSSR count). The van der Waals surface area contributed by atoms with E-state index < -0.39 is 0 Å². The lowest BCUT2D eigenvalue weighted by atomic mass is 9.92. The highest BCUT2D eigenvalue weighted by Crippen LogP contribution is 2.24. The minimum atomic E-state index is 0.343. The van der Waals surface area contributed by atoms with Crippen LogP contribution in [-0.4, -0.2) is 25.8 Å². The molecule has 2 atom stereocenters. The summed E-state index contributed by atoms with van der Waals surface area (Å²) in [7, 11) is 1.72. The topological polar surface area (TPSA) is 30.5 Å². The lowest BCUT2D eigenvalue weighted by Crippen LogP contribution is -2.38. The average Bonchev–Trinajstić information content (AvgIpc) is 2.46. The summed E-state index contributed by atoms with van der Waals surface area (Å²) in [6.07, 6.45) is 6.36. The second kappa shape index (κ2) is 8.28. The quantitative estimate of drug-likeness (QED) is 0.827. The second-order valence-electron chi connectivity index (χ2n) is 5.64. The van der Waals surface area contributed by atoms with E-state index in [-0.39, 0.29) is 0 Å². The molecule has 0 heterocycles. The Hall–Kier alpha value is -1.06. The fourth-order valence-corrected chi connectivity index (χ4v) is 2.85. The highest BCUT2D eigenvalue weighted by Gasteiger charge is 2.22. The first-order valence-corrected chi connectivity index (χ1v) is 7.79. The van der Waals surface area contributed by atoms with Crippen molar-refractivity contribution < 1.29 is 9.47 Å². The van der Waals surface area contributed by atoms with Gasteiger partial charge in [0.2, 0.25) is 0 Å². The molecule has 1 aliphatic carbocycles. The van der Waals surface area contributed by atoms with E-state index in [4.69, 9.17) is 9.47 Å². The van der Waals surface area contributed by atoms with Crippen molar-refractivity contribution in [2.75, 3.05) is 13.7 Å². The van der Waals surface area contributed by atoms with Crippen molar-refractivity contribution in [1.82, 2.24) is 5.32 Å². The first kappa shape index (κ1) is 15.3. The second-order valence-corrected chi connectivity index (χ2v) is 5.64. The summed E-state index contributed by atoms with van der Waals surface area (Å²) < 4.78 is 11.3. The van der Waals surface area contributed by atoms with Crippen LogP contribution in [0.1, 0.15) is 44.6 Å². The SMILES string of the molecule is CCCNC1CCCC(Oc2cccc(COC)c2)C1. The van der Waals surface area contributed by atoms with E-state index in [0.717, 1.165) is 18.7 Å². The van der Waals surface area contributed by atoms with Crippen molar-refractivity contribution in [2.24, 2.45) is 0 Å². The third-order valence-corrected chi connectivity index (χ3v) is 3.82. The normalized spacial score (nSPS) is 22.7. The fraction of sp³-hybridized carbons (Fsp3) is 0.647. The van der Waals surface area contributed by atoms with E-state index >= 15 is 0 Å². The Morgan fingerprint density at radius 1 is 1.30 bits per heavy atom. The standard InChI is InChI=1S/C17H27NO2/c1-3-10-18-15-7-5-9-17(12-15)20-16-8-4-6-14(11-16)13-19-2/h4,6,8,11,15,17-18H,3,5,7,9-10,12-13H2,1-2H3. The lowest BCUT2D eigenvalue weighted by Gasteiger charge is -2.30. The average molecular weight is 277 g/mol. The summed E-state index contributed by atoms with van der Waals surface area (Å²) >= 11 is 0. The van der Waals surface area contributed by atoms with E-state index in [9.17, 15) is 0 Å². The van der Waals surface area contributed by atoms with Gasteiger partial charge in [0, 0.05) is 13.2 Å². The minimum absolute atomic E-state index is 0.343. The monoisotopic (exact) mass is 277 g/mol. The molecule has 0 aromatic heterocycles. The zero-order valence-electron chi connectivity index (χ0n) is 12.7. The Bertz CT molecular complexity index is 394. The Morgan fingerprint density at radius 3 is 3.00 bits per heavy atom. The van der Waals surface area contributed by atoms with Gasteiger partial charge in [0.25, 0.3) is 0 Å². The molecule has 3 heteroatoms. The maximum atomic E-state index is 6.16. The van der Waals surface area contributed by atoms with Gasteiger partial charge in [-0.15, -0.1) is 0 Å². The summed E-state index contributed by atoms with van der Waals surface area (Å²) in [5.41, 5.74) is 1.17. The van der Waals surface area contributed by atoms with Gasteiger partial charge < -0.3 is 14.8 Å². The van der Waals surface area contributed by atoms with Crippen molar-refractivity contribution in [2.45, 2.75) is 57.8 Å². The third-order valence-electron chi connectivity index (χ3n) is 3.82. The molecule has 20 heavy (non-hydrogen) atoms. The van der Waals surface area contributed by atoms with Gasteiger partial charge >= 0.3 is 0 Å². The maximum absolute atomic E-state index is 6.16.